The quantitative estimate of drug-likeness (QED) is 0.615. The zero-order valence-electron chi connectivity index (χ0n) is 10.0. The Kier molecular flexibility index (Phi) is 2.22. The number of hydrogen-bond acceptors (Lipinski definition) is 1. The predicted octanol–water partition coefficient (Wildman–Crippen LogP) is 3.55. The van der Waals surface area contributed by atoms with Gasteiger partial charge in [0.2, 0.25) is 0 Å². The summed E-state index contributed by atoms with van der Waals surface area (Å²) in [6.45, 7) is 2.11. The van der Waals surface area contributed by atoms with Crippen molar-refractivity contribution in [2.45, 2.75) is 6.92 Å². The Labute approximate surface area is 101 Å². The maximum Gasteiger partial charge on any atom is 0.0709 e. The molecule has 0 bridgehead atoms. The summed E-state index contributed by atoms with van der Waals surface area (Å²) in [5, 5.41) is 1.25. The third-order valence-corrected chi connectivity index (χ3v) is 3.24. The zero-order chi connectivity index (χ0) is 11.8. The van der Waals surface area contributed by atoms with Gasteiger partial charge >= 0.3 is 0 Å². The van der Waals surface area contributed by atoms with Gasteiger partial charge < -0.3 is 4.57 Å². The van der Waals surface area contributed by atoms with Crippen LogP contribution in [0.3, 0.4) is 0 Å². The zero-order valence-corrected chi connectivity index (χ0v) is 10.0. The van der Waals surface area contributed by atoms with E-state index in [1.807, 2.05) is 24.4 Å². The van der Waals surface area contributed by atoms with Gasteiger partial charge in [-0.1, -0.05) is 30.3 Å². The second kappa shape index (κ2) is 3.74. The van der Waals surface area contributed by atoms with E-state index in [-0.39, 0.29) is 0 Å². The van der Waals surface area contributed by atoms with Crippen LogP contribution in [0.4, 0.5) is 0 Å². The highest BCUT2D eigenvalue weighted by Gasteiger charge is 2.05. The van der Waals surface area contributed by atoms with E-state index >= 15 is 0 Å². The fourth-order valence-electron chi connectivity index (χ4n) is 2.14. The van der Waals surface area contributed by atoms with E-state index in [9.17, 15) is 0 Å². The lowest BCUT2D eigenvalue weighted by molar-refractivity contribution is 0.915. The van der Waals surface area contributed by atoms with Crippen LogP contribution in [0, 0.1) is 6.92 Å². The average Bonchev–Trinajstić information content (AvgIpc) is 2.66. The van der Waals surface area contributed by atoms with Gasteiger partial charge in [0.1, 0.15) is 0 Å². The Morgan fingerprint density at radius 1 is 1.06 bits per heavy atom. The Bertz CT molecular complexity index is 666. The second-order valence-corrected chi connectivity index (χ2v) is 4.34. The first kappa shape index (κ1) is 10.1. The summed E-state index contributed by atoms with van der Waals surface area (Å²) in [6, 6.07) is 14.6. The summed E-state index contributed by atoms with van der Waals surface area (Å²) in [4.78, 5) is 4.53. The molecule has 2 heteroatoms. The van der Waals surface area contributed by atoms with E-state index < -0.39 is 0 Å². The number of pyridine rings is 1. The molecule has 0 aliphatic rings. The average molecular weight is 222 g/mol. The van der Waals surface area contributed by atoms with Crippen LogP contribution in [-0.4, -0.2) is 9.55 Å². The Morgan fingerprint density at radius 2 is 1.82 bits per heavy atom. The largest absolute Gasteiger partial charge is 0.347 e. The molecule has 3 aromatic rings. The molecule has 1 aromatic carbocycles. The lowest BCUT2D eigenvalue weighted by Crippen LogP contribution is -1.90. The molecule has 0 unspecified atom stereocenters. The fraction of sp³-hybridized carbons (Fsp3) is 0.133. The van der Waals surface area contributed by atoms with E-state index in [2.05, 4.69) is 47.8 Å². The van der Waals surface area contributed by atoms with Crippen molar-refractivity contribution in [3.05, 3.63) is 54.4 Å². The smallest absolute Gasteiger partial charge is 0.0709 e. The summed E-state index contributed by atoms with van der Waals surface area (Å²) in [7, 11) is 2.07. The number of fused-ring (bicyclic) bond motifs is 1. The van der Waals surface area contributed by atoms with Gasteiger partial charge in [0.15, 0.2) is 0 Å². The highest BCUT2D eigenvalue weighted by atomic mass is 14.9. The molecule has 0 spiro atoms. The Balaban J connectivity index is 2.21. The Hall–Kier alpha value is -2.09. The number of aromatic nitrogens is 2. The molecule has 0 saturated heterocycles. The first-order chi connectivity index (χ1) is 8.25. The van der Waals surface area contributed by atoms with E-state index in [1.165, 1.54) is 16.6 Å². The van der Waals surface area contributed by atoms with Crippen molar-refractivity contribution in [1.29, 1.82) is 0 Å². The highest BCUT2D eigenvalue weighted by molar-refractivity contribution is 5.84. The van der Waals surface area contributed by atoms with Crippen molar-refractivity contribution >= 4 is 10.9 Å². The summed E-state index contributed by atoms with van der Waals surface area (Å²) < 4.78 is 2.16. The summed E-state index contributed by atoms with van der Waals surface area (Å²) in [5.74, 6) is 0. The highest BCUT2D eigenvalue weighted by Crippen LogP contribution is 2.23. The van der Waals surface area contributed by atoms with Crippen LogP contribution >= 0.6 is 0 Å². The minimum atomic E-state index is 1.03. The molecule has 2 nitrogen and oxygen atoms in total. The van der Waals surface area contributed by atoms with Crippen molar-refractivity contribution in [1.82, 2.24) is 9.55 Å². The number of rotatable bonds is 1. The molecule has 0 aliphatic carbocycles. The monoisotopic (exact) mass is 222 g/mol. The molecular formula is C15H14N2. The van der Waals surface area contributed by atoms with E-state index in [4.69, 9.17) is 0 Å². The van der Waals surface area contributed by atoms with Crippen molar-refractivity contribution in [3.63, 3.8) is 0 Å². The van der Waals surface area contributed by atoms with Crippen molar-refractivity contribution in [3.8, 4) is 11.3 Å². The first-order valence-electron chi connectivity index (χ1n) is 5.73. The maximum absolute atomic E-state index is 4.53. The molecule has 0 saturated carbocycles. The molecule has 0 atom stereocenters. The predicted molar refractivity (Wildman–Crippen MR) is 70.9 cm³/mol. The van der Waals surface area contributed by atoms with Crippen LogP contribution in [0.5, 0.6) is 0 Å². The van der Waals surface area contributed by atoms with Gasteiger partial charge in [-0.15, -0.1) is 0 Å². The van der Waals surface area contributed by atoms with Crippen molar-refractivity contribution in [2.75, 3.05) is 0 Å². The fourth-order valence-corrected chi connectivity index (χ4v) is 2.14. The first-order valence-corrected chi connectivity index (χ1v) is 5.73. The molecule has 0 radical (unpaired) electrons. The minimum Gasteiger partial charge on any atom is -0.347 e. The van der Waals surface area contributed by atoms with E-state index in [0.717, 1.165) is 11.3 Å². The van der Waals surface area contributed by atoms with Crippen LogP contribution in [0.25, 0.3) is 22.2 Å². The van der Waals surface area contributed by atoms with Gasteiger partial charge in [0.25, 0.3) is 0 Å². The lowest BCUT2D eigenvalue weighted by atomic mass is 10.1. The van der Waals surface area contributed by atoms with E-state index in [0.29, 0.717) is 0 Å². The van der Waals surface area contributed by atoms with Crippen molar-refractivity contribution in [2.24, 2.45) is 7.05 Å². The lowest BCUT2D eigenvalue weighted by Gasteiger charge is -2.02. The van der Waals surface area contributed by atoms with Gasteiger partial charge in [0.05, 0.1) is 17.4 Å². The van der Waals surface area contributed by atoms with Gasteiger partial charge in [0, 0.05) is 23.7 Å². The number of nitrogens with zero attached hydrogens (tertiary/aromatic N) is 2. The number of aryl methyl sites for hydroxylation is 2. The molecule has 2 aromatic heterocycles. The minimum absolute atomic E-state index is 1.03. The van der Waals surface area contributed by atoms with Crippen LogP contribution in [0.2, 0.25) is 0 Å². The van der Waals surface area contributed by atoms with Crippen LogP contribution in [0.1, 0.15) is 5.69 Å². The van der Waals surface area contributed by atoms with Crippen LogP contribution < -0.4 is 0 Å². The normalized spacial score (nSPS) is 10.9. The van der Waals surface area contributed by atoms with Gasteiger partial charge in [-0.25, -0.2) is 0 Å². The maximum atomic E-state index is 4.53. The molecule has 0 aliphatic heterocycles. The summed E-state index contributed by atoms with van der Waals surface area (Å²) in [6.07, 6.45) is 1.95. The SMILES string of the molecule is Cc1cc2cc(-c3ccccc3)ncc2n1C. The summed E-state index contributed by atoms with van der Waals surface area (Å²) >= 11 is 0. The van der Waals surface area contributed by atoms with Gasteiger partial charge in [-0.05, 0) is 19.1 Å². The Morgan fingerprint density at radius 3 is 2.59 bits per heavy atom. The van der Waals surface area contributed by atoms with Crippen LogP contribution in [0.15, 0.2) is 48.7 Å². The molecular weight excluding hydrogens is 208 g/mol. The molecule has 0 fully saturated rings. The third kappa shape index (κ3) is 1.62. The van der Waals surface area contributed by atoms with Gasteiger partial charge in [-0.3, -0.25) is 4.98 Å². The topological polar surface area (TPSA) is 17.8 Å². The summed E-state index contributed by atoms with van der Waals surface area (Å²) in [5.41, 5.74) is 4.63. The molecule has 0 N–H and O–H groups in total. The molecule has 17 heavy (non-hydrogen) atoms. The number of benzene rings is 1. The number of hydrogen-bond donors (Lipinski definition) is 0. The molecule has 3 rings (SSSR count). The second-order valence-electron chi connectivity index (χ2n) is 4.34. The third-order valence-electron chi connectivity index (χ3n) is 3.24. The van der Waals surface area contributed by atoms with Crippen molar-refractivity contribution < 1.29 is 0 Å². The van der Waals surface area contributed by atoms with Crippen LogP contribution in [-0.2, 0) is 7.05 Å². The standard InChI is InChI=1S/C15H14N2/c1-11-8-13-9-14(12-6-4-3-5-7-12)16-10-15(13)17(11)2/h3-10H,1-2H3. The molecule has 84 valence electrons. The molecule has 2 heterocycles. The van der Waals surface area contributed by atoms with E-state index in [1.54, 1.807) is 0 Å². The molecule has 0 amide bonds. The van der Waals surface area contributed by atoms with Gasteiger partial charge in [-0.2, -0.15) is 0 Å².